The number of aliphatic hydroxyl groups is 2. The molecule has 0 radical (unpaired) electrons. The number of aliphatic hydroxyl groups excluding tert-OH is 2. The lowest BCUT2D eigenvalue weighted by atomic mass is 9.99. The molecule has 2 N–H and O–H groups in total. The number of terminal acetylenes is 1. The van der Waals surface area contributed by atoms with Crippen molar-refractivity contribution in [3.05, 3.63) is 0 Å². The standard InChI is InChI=1S/C7H8O4/c1-2-7(4-8)5(9)3-6(10)11-7/h1,5,8-9H,3-4H2/t5-,7+/m0/s1. The molecule has 11 heavy (non-hydrogen) atoms. The predicted molar refractivity (Wildman–Crippen MR) is 35.4 cm³/mol. The number of ether oxygens (including phenoxy) is 1. The van der Waals surface area contributed by atoms with Crippen LogP contribution in [0.4, 0.5) is 0 Å². The number of esters is 1. The van der Waals surface area contributed by atoms with Crippen LogP contribution in [0.15, 0.2) is 0 Å². The Morgan fingerprint density at radius 3 is 2.73 bits per heavy atom. The Morgan fingerprint density at radius 1 is 1.91 bits per heavy atom. The van der Waals surface area contributed by atoms with Crippen molar-refractivity contribution < 1.29 is 19.7 Å². The summed E-state index contributed by atoms with van der Waals surface area (Å²) in [5, 5.41) is 17.9. The SMILES string of the molecule is C#C[C@]1(CO)OC(=O)C[C@@H]1O. The summed E-state index contributed by atoms with van der Waals surface area (Å²) < 4.78 is 4.58. The van der Waals surface area contributed by atoms with Gasteiger partial charge in [-0.15, -0.1) is 6.42 Å². The largest absolute Gasteiger partial charge is 0.440 e. The van der Waals surface area contributed by atoms with Gasteiger partial charge in [0, 0.05) is 0 Å². The summed E-state index contributed by atoms with van der Waals surface area (Å²) in [7, 11) is 0. The van der Waals surface area contributed by atoms with Gasteiger partial charge in [-0.1, -0.05) is 5.92 Å². The van der Waals surface area contributed by atoms with Crippen molar-refractivity contribution in [2.75, 3.05) is 6.61 Å². The van der Waals surface area contributed by atoms with Gasteiger partial charge >= 0.3 is 5.97 Å². The maximum Gasteiger partial charge on any atom is 0.310 e. The topological polar surface area (TPSA) is 66.8 Å². The zero-order valence-corrected chi connectivity index (χ0v) is 5.78. The minimum absolute atomic E-state index is 0.148. The number of carbonyl (C=O) groups excluding carboxylic acids is 1. The van der Waals surface area contributed by atoms with Gasteiger partial charge in [0.1, 0.15) is 6.10 Å². The Morgan fingerprint density at radius 2 is 2.55 bits per heavy atom. The summed E-state index contributed by atoms with van der Waals surface area (Å²) in [4.78, 5) is 10.6. The van der Waals surface area contributed by atoms with Crippen LogP contribution in [0.2, 0.25) is 0 Å². The third kappa shape index (κ3) is 1.09. The Balaban J connectivity index is 2.86. The van der Waals surface area contributed by atoms with Gasteiger partial charge in [0.2, 0.25) is 5.60 Å². The first kappa shape index (κ1) is 8.05. The van der Waals surface area contributed by atoms with E-state index in [9.17, 15) is 4.79 Å². The molecule has 1 aliphatic rings. The highest BCUT2D eigenvalue weighted by atomic mass is 16.6. The zero-order valence-electron chi connectivity index (χ0n) is 5.78. The van der Waals surface area contributed by atoms with Crippen molar-refractivity contribution in [1.82, 2.24) is 0 Å². The highest BCUT2D eigenvalue weighted by Gasteiger charge is 2.47. The third-order valence-electron chi connectivity index (χ3n) is 1.67. The summed E-state index contributed by atoms with van der Waals surface area (Å²) in [5.74, 6) is 1.49. The summed E-state index contributed by atoms with van der Waals surface area (Å²) in [6.07, 6.45) is 3.74. The van der Waals surface area contributed by atoms with E-state index in [0.29, 0.717) is 0 Å². The van der Waals surface area contributed by atoms with Crippen LogP contribution in [0.5, 0.6) is 0 Å². The van der Waals surface area contributed by atoms with E-state index >= 15 is 0 Å². The van der Waals surface area contributed by atoms with E-state index in [1.165, 1.54) is 0 Å². The highest BCUT2D eigenvalue weighted by molar-refractivity contribution is 5.74. The molecule has 1 fully saturated rings. The fourth-order valence-electron chi connectivity index (χ4n) is 0.945. The van der Waals surface area contributed by atoms with Crippen LogP contribution in [-0.4, -0.2) is 34.5 Å². The third-order valence-corrected chi connectivity index (χ3v) is 1.67. The Labute approximate surface area is 63.8 Å². The highest BCUT2D eigenvalue weighted by Crippen LogP contribution is 2.25. The van der Waals surface area contributed by atoms with Gasteiger partial charge in [-0.2, -0.15) is 0 Å². The van der Waals surface area contributed by atoms with Crippen LogP contribution in [-0.2, 0) is 9.53 Å². The van der Waals surface area contributed by atoms with Crippen LogP contribution in [0.1, 0.15) is 6.42 Å². The molecule has 60 valence electrons. The first-order valence-electron chi connectivity index (χ1n) is 3.13. The summed E-state index contributed by atoms with van der Waals surface area (Å²) in [6.45, 7) is -0.545. The molecule has 1 heterocycles. The molecule has 0 saturated carbocycles. The first-order valence-corrected chi connectivity index (χ1v) is 3.13. The summed E-state index contributed by atoms with van der Waals surface area (Å²) in [5.41, 5.74) is -1.50. The van der Waals surface area contributed by atoms with Gasteiger partial charge < -0.3 is 14.9 Å². The molecule has 0 unspecified atom stereocenters. The lowest BCUT2D eigenvalue weighted by Gasteiger charge is -2.21. The first-order chi connectivity index (χ1) is 5.14. The van der Waals surface area contributed by atoms with E-state index in [4.69, 9.17) is 16.6 Å². The maximum absolute atomic E-state index is 10.6. The van der Waals surface area contributed by atoms with Gasteiger partial charge in [0.15, 0.2) is 0 Å². The predicted octanol–water partition coefficient (Wildman–Crippen LogP) is -1.34. The molecule has 1 rings (SSSR count). The van der Waals surface area contributed by atoms with Crippen molar-refractivity contribution in [2.45, 2.75) is 18.1 Å². The molecule has 1 saturated heterocycles. The van der Waals surface area contributed by atoms with E-state index in [2.05, 4.69) is 10.7 Å². The number of hydrogen-bond acceptors (Lipinski definition) is 4. The van der Waals surface area contributed by atoms with E-state index in [-0.39, 0.29) is 6.42 Å². The van der Waals surface area contributed by atoms with Crippen LogP contribution in [0.25, 0.3) is 0 Å². The molecule has 0 aromatic rings. The Bertz CT molecular complexity index is 217. The molecule has 0 bridgehead atoms. The van der Waals surface area contributed by atoms with Gasteiger partial charge in [-0.05, 0) is 0 Å². The molecular weight excluding hydrogens is 148 g/mol. The summed E-state index contributed by atoms with van der Waals surface area (Å²) >= 11 is 0. The maximum atomic E-state index is 10.6. The lowest BCUT2D eigenvalue weighted by Crippen LogP contribution is -2.41. The van der Waals surface area contributed by atoms with Crippen molar-refractivity contribution >= 4 is 5.97 Å². The van der Waals surface area contributed by atoms with E-state index in [0.717, 1.165) is 0 Å². The molecule has 4 heteroatoms. The molecule has 0 amide bonds. The van der Waals surface area contributed by atoms with Gasteiger partial charge in [-0.25, -0.2) is 0 Å². The molecule has 1 aliphatic heterocycles. The zero-order chi connectivity index (χ0) is 8.48. The van der Waals surface area contributed by atoms with E-state index < -0.39 is 24.3 Å². The second-order valence-corrected chi connectivity index (χ2v) is 2.39. The Hall–Kier alpha value is -1.05. The number of carbonyl (C=O) groups is 1. The monoisotopic (exact) mass is 156 g/mol. The minimum Gasteiger partial charge on any atom is -0.440 e. The van der Waals surface area contributed by atoms with Crippen LogP contribution in [0.3, 0.4) is 0 Å². The van der Waals surface area contributed by atoms with Crippen molar-refractivity contribution in [3.63, 3.8) is 0 Å². The fourth-order valence-corrected chi connectivity index (χ4v) is 0.945. The average Bonchev–Trinajstić information content (AvgIpc) is 2.27. The molecule has 4 nitrogen and oxygen atoms in total. The molecule has 0 spiro atoms. The van der Waals surface area contributed by atoms with E-state index in [1.807, 2.05) is 0 Å². The average molecular weight is 156 g/mol. The smallest absolute Gasteiger partial charge is 0.310 e. The second kappa shape index (κ2) is 2.53. The Kier molecular flexibility index (Phi) is 1.85. The van der Waals surface area contributed by atoms with Crippen molar-refractivity contribution in [2.24, 2.45) is 0 Å². The lowest BCUT2D eigenvalue weighted by molar-refractivity contribution is -0.148. The van der Waals surface area contributed by atoms with Crippen LogP contribution < -0.4 is 0 Å². The van der Waals surface area contributed by atoms with Crippen molar-refractivity contribution in [1.29, 1.82) is 0 Å². The minimum atomic E-state index is -1.50. The quantitative estimate of drug-likeness (QED) is 0.364. The molecule has 0 aromatic carbocycles. The molecule has 0 aliphatic carbocycles. The number of rotatable bonds is 1. The van der Waals surface area contributed by atoms with Gasteiger partial charge in [0.25, 0.3) is 0 Å². The van der Waals surface area contributed by atoms with E-state index in [1.54, 1.807) is 0 Å². The number of hydrogen-bond donors (Lipinski definition) is 2. The summed E-state index contributed by atoms with van der Waals surface area (Å²) in [6, 6.07) is 0. The van der Waals surface area contributed by atoms with Crippen molar-refractivity contribution in [3.8, 4) is 12.3 Å². The van der Waals surface area contributed by atoms with Gasteiger partial charge in [-0.3, -0.25) is 4.79 Å². The second-order valence-electron chi connectivity index (χ2n) is 2.39. The molecule has 0 aromatic heterocycles. The molecular formula is C7H8O4. The fraction of sp³-hybridized carbons (Fsp3) is 0.571. The normalized spacial score (nSPS) is 36.5. The van der Waals surface area contributed by atoms with Gasteiger partial charge in [0.05, 0.1) is 13.0 Å². The molecule has 2 atom stereocenters. The number of cyclic esters (lactones) is 1. The van der Waals surface area contributed by atoms with Crippen LogP contribution >= 0.6 is 0 Å². The van der Waals surface area contributed by atoms with Crippen LogP contribution in [0, 0.1) is 12.3 Å².